The summed E-state index contributed by atoms with van der Waals surface area (Å²) in [7, 11) is 5.31. The van der Waals surface area contributed by atoms with Crippen molar-refractivity contribution < 1.29 is 4.79 Å². The smallest absolute Gasteiger partial charge is 0.253 e. The van der Waals surface area contributed by atoms with E-state index < -0.39 is 0 Å². The third-order valence-electron chi connectivity index (χ3n) is 2.86. The van der Waals surface area contributed by atoms with Gasteiger partial charge in [0.15, 0.2) is 0 Å². The predicted molar refractivity (Wildman–Crippen MR) is 80.0 cm³/mol. The van der Waals surface area contributed by atoms with Crippen molar-refractivity contribution >= 4 is 23.2 Å². The van der Waals surface area contributed by atoms with Crippen LogP contribution >= 0.6 is 11.6 Å². The molecule has 5 nitrogen and oxygen atoms in total. The Morgan fingerprint density at radius 2 is 2.20 bits per heavy atom. The summed E-state index contributed by atoms with van der Waals surface area (Å²) in [4.78, 5) is 13.5. The summed E-state index contributed by atoms with van der Waals surface area (Å²) in [5, 5.41) is 7.91. The molecule has 2 aromatic rings. The summed E-state index contributed by atoms with van der Waals surface area (Å²) in [5.74, 6) is -0.0499. The van der Waals surface area contributed by atoms with Crippen LogP contribution in [0.3, 0.4) is 0 Å². The quantitative estimate of drug-likeness (QED) is 0.941. The van der Waals surface area contributed by atoms with Crippen molar-refractivity contribution in [1.29, 1.82) is 0 Å². The number of nitrogens with zero attached hydrogens (tertiary/aromatic N) is 3. The summed E-state index contributed by atoms with van der Waals surface area (Å²) >= 11 is 6.14. The summed E-state index contributed by atoms with van der Waals surface area (Å²) < 4.78 is 1.74. The summed E-state index contributed by atoms with van der Waals surface area (Å²) in [6.07, 6.45) is 3.71. The Balaban J connectivity index is 2.14. The molecule has 106 valence electrons. The lowest BCUT2D eigenvalue weighted by atomic mass is 10.1. The summed E-state index contributed by atoms with van der Waals surface area (Å²) in [6, 6.07) is 5.21. The number of halogens is 1. The van der Waals surface area contributed by atoms with Crippen LogP contribution in [0.1, 0.15) is 15.9 Å². The van der Waals surface area contributed by atoms with Crippen molar-refractivity contribution in [3.8, 4) is 0 Å². The average molecular weight is 293 g/mol. The van der Waals surface area contributed by atoms with Crippen LogP contribution in [-0.2, 0) is 13.6 Å². The molecule has 0 bridgehead atoms. The molecular formula is C14H17ClN4O. The van der Waals surface area contributed by atoms with Gasteiger partial charge in [-0.25, -0.2) is 0 Å². The second-order valence-electron chi connectivity index (χ2n) is 4.77. The van der Waals surface area contributed by atoms with Gasteiger partial charge in [-0.1, -0.05) is 11.6 Å². The molecule has 0 spiro atoms. The van der Waals surface area contributed by atoms with E-state index in [0.717, 1.165) is 11.3 Å². The van der Waals surface area contributed by atoms with E-state index in [2.05, 4.69) is 10.4 Å². The molecule has 0 saturated heterocycles. The Morgan fingerprint density at radius 1 is 1.45 bits per heavy atom. The first-order chi connectivity index (χ1) is 9.47. The van der Waals surface area contributed by atoms with Gasteiger partial charge in [0.1, 0.15) is 0 Å². The predicted octanol–water partition coefficient (Wildman–Crippen LogP) is 2.39. The van der Waals surface area contributed by atoms with Gasteiger partial charge in [0.25, 0.3) is 5.91 Å². The van der Waals surface area contributed by atoms with E-state index in [0.29, 0.717) is 17.1 Å². The highest BCUT2D eigenvalue weighted by Gasteiger charge is 2.10. The van der Waals surface area contributed by atoms with Crippen molar-refractivity contribution in [3.63, 3.8) is 0 Å². The zero-order chi connectivity index (χ0) is 14.7. The average Bonchev–Trinajstić information content (AvgIpc) is 2.82. The zero-order valence-electron chi connectivity index (χ0n) is 11.7. The molecule has 0 aliphatic rings. The van der Waals surface area contributed by atoms with E-state index in [-0.39, 0.29) is 5.91 Å². The molecule has 2 rings (SSSR count). The lowest BCUT2D eigenvalue weighted by Gasteiger charge is -2.13. The van der Waals surface area contributed by atoms with Gasteiger partial charge in [-0.3, -0.25) is 9.48 Å². The minimum atomic E-state index is -0.0499. The fourth-order valence-corrected chi connectivity index (χ4v) is 2.00. The maximum Gasteiger partial charge on any atom is 0.253 e. The maximum absolute atomic E-state index is 11.9. The van der Waals surface area contributed by atoms with Gasteiger partial charge in [-0.15, -0.1) is 0 Å². The van der Waals surface area contributed by atoms with Crippen LogP contribution in [0.5, 0.6) is 0 Å². The Labute approximate surface area is 123 Å². The van der Waals surface area contributed by atoms with Crippen molar-refractivity contribution in [2.45, 2.75) is 6.54 Å². The maximum atomic E-state index is 11.9. The summed E-state index contributed by atoms with van der Waals surface area (Å²) in [5.41, 5.74) is 2.39. The Morgan fingerprint density at radius 3 is 2.80 bits per heavy atom. The molecule has 0 atom stereocenters. The highest BCUT2D eigenvalue weighted by atomic mass is 35.5. The first-order valence-electron chi connectivity index (χ1n) is 6.20. The molecule has 1 aromatic heterocycles. The van der Waals surface area contributed by atoms with Crippen molar-refractivity contribution in [2.24, 2.45) is 7.05 Å². The topological polar surface area (TPSA) is 50.2 Å². The van der Waals surface area contributed by atoms with Crippen molar-refractivity contribution in [3.05, 3.63) is 46.7 Å². The van der Waals surface area contributed by atoms with E-state index in [1.165, 1.54) is 4.90 Å². The lowest BCUT2D eigenvalue weighted by molar-refractivity contribution is 0.0827. The van der Waals surface area contributed by atoms with Crippen LogP contribution in [0.4, 0.5) is 5.69 Å². The Hall–Kier alpha value is -2.01. The van der Waals surface area contributed by atoms with Crippen LogP contribution in [-0.4, -0.2) is 34.7 Å². The molecule has 20 heavy (non-hydrogen) atoms. The Bertz CT molecular complexity index is 621. The highest BCUT2D eigenvalue weighted by molar-refractivity contribution is 6.33. The molecule has 0 unspecified atom stereocenters. The SMILES string of the molecule is CN(C)C(=O)c1ccc(Cl)c(NCc2cnn(C)c2)c1. The third-order valence-corrected chi connectivity index (χ3v) is 3.19. The van der Waals surface area contributed by atoms with E-state index in [9.17, 15) is 4.79 Å². The number of hydrogen-bond acceptors (Lipinski definition) is 3. The molecule has 1 amide bonds. The molecule has 6 heteroatoms. The van der Waals surface area contributed by atoms with Gasteiger partial charge in [0.2, 0.25) is 0 Å². The number of carbonyl (C=O) groups is 1. The fourth-order valence-electron chi connectivity index (χ4n) is 1.81. The number of carbonyl (C=O) groups excluding carboxylic acids is 1. The number of aryl methyl sites for hydroxylation is 1. The number of anilines is 1. The first kappa shape index (κ1) is 14.4. The van der Waals surface area contributed by atoms with E-state index in [4.69, 9.17) is 11.6 Å². The second-order valence-corrected chi connectivity index (χ2v) is 5.18. The molecule has 1 N–H and O–H groups in total. The van der Waals surface area contributed by atoms with Gasteiger partial charge >= 0.3 is 0 Å². The largest absolute Gasteiger partial charge is 0.380 e. The first-order valence-corrected chi connectivity index (χ1v) is 6.58. The van der Waals surface area contributed by atoms with Crippen LogP contribution < -0.4 is 5.32 Å². The molecule has 1 aromatic carbocycles. The number of nitrogens with one attached hydrogen (secondary N) is 1. The van der Waals surface area contributed by atoms with Crippen LogP contribution in [0.25, 0.3) is 0 Å². The highest BCUT2D eigenvalue weighted by Crippen LogP contribution is 2.24. The molecule has 0 aliphatic carbocycles. The normalized spacial score (nSPS) is 10.4. The molecule has 0 radical (unpaired) electrons. The van der Waals surface area contributed by atoms with E-state index in [1.54, 1.807) is 43.2 Å². The molecule has 0 fully saturated rings. The van der Waals surface area contributed by atoms with Gasteiger partial charge in [-0.2, -0.15) is 5.10 Å². The monoisotopic (exact) mass is 292 g/mol. The van der Waals surface area contributed by atoms with Crippen LogP contribution in [0.15, 0.2) is 30.6 Å². The number of aromatic nitrogens is 2. The number of benzene rings is 1. The van der Waals surface area contributed by atoms with E-state index in [1.807, 2.05) is 13.2 Å². The number of rotatable bonds is 4. The van der Waals surface area contributed by atoms with Gasteiger partial charge in [0, 0.05) is 45.0 Å². The minimum absolute atomic E-state index is 0.0499. The van der Waals surface area contributed by atoms with Crippen LogP contribution in [0.2, 0.25) is 5.02 Å². The number of hydrogen-bond donors (Lipinski definition) is 1. The second kappa shape index (κ2) is 5.96. The van der Waals surface area contributed by atoms with Crippen molar-refractivity contribution in [2.75, 3.05) is 19.4 Å². The standard InChI is InChI=1S/C14H17ClN4O/c1-18(2)14(20)11-4-5-12(15)13(6-11)16-7-10-8-17-19(3)9-10/h4-6,8-9,16H,7H2,1-3H3. The van der Waals surface area contributed by atoms with Gasteiger partial charge in [0.05, 0.1) is 16.9 Å². The molecular weight excluding hydrogens is 276 g/mol. The van der Waals surface area contributed by atoms with Gasteiger partial charge < -0.3 is 10.2 Å². The minimum Gasteiger partial charge on any atom is -0.380 e. The number of amides is 1. The van der Waals surface area contributed by atoms with E-state index >= 15 is 0 Å². The summed E-state index contributed by atoms with van der Waals surface area (Å²) in [6.45, 7) is 0.604. The molecule has 1 heterocycles. The fraction of sp³-hybridized carbons (Fsp3) is 0.286. The lowest BCUT2D eigenvalue weighted by Crippen LogP contribution is -2.21. The van der Waals surface area contributed by atoms with Crippen LogP contribution in [0, 0.1) is 0 Å². The third kappa shape index (κ3) is 3.30. The zero-order valence-corrected chi connectivity index (χ0v) is 12.5. The Kier molecular flexibility index (Phi) is 4.29. The molecule has 0 saturated carbocycles. The van der Waals surface area contributed by atoms with Gasteiger partial charge in [-0.05, 0) is 18.2 Å². The molecule has 0 aliphatic heterocycles. The van der Waals surface area contributed by atoms with Crippen molar-refractivity contribution in [1.82, 2.24) is 14.7 Å².